The second-order valence-corrected chi connectivity index (χ2v) is 6.63. The molecule has 0 bridgehead atoms. The number of allylic oxidation sites excluding steroid dienone is 4. The summed E-state index contributed by atoms with van der Waals surface area (Å²) in [5, 5.41) is 0. The van der Waals surface area contributed by atoms with E-state index < -0.39 is 0 Å². The van der Waals surface area contributed by atoms with Crippen molar-refractivity contribution in [2.75, 3.05) is 0 Å². The van der Waals surface area contributed by atoms with E-state index in [4.69, 9.17) is 0 Å². The first-order chi connectivity index (χ1) is 7.37. The lowest BCUT2D eigenvalue weighted by Crippen LogP contribution is -2.22. The Bertz CT molecular complexity index is 275. The molecule has 0 N–H and O–H groups in total. The summed E-state index contributed by atoms with van der Waals surface area (Å²) in [6.07, 6.45) is 13.3. The van der Waals surface area contributed by atoms with Gasteiger partial charge in [-0.05, 0) is 42.9 Å². The van der Waals surface area contributed by atoms with Crippen LogP contribution in [0.5, 0.6) is 0 Å². The van der Waals surface area contributed by atoms with Gasteiger partial charge in [-0.2, -0.15) is 0 Å². The van der Waals surface area contributed by atoms with Crippen LogP contribution in [0.15, 0.2) is 23.8 Å². The van der Waals surface area contributed by atoms with Gasteiger partial charge in [0.2, 0.25) is 0 Å². The van der Waals surface area contributed by atoms with E-state index in [1.807, 2.05) is 0 Å². The normalized spacial score (nSPS) is 20.4. The molecule has 0 amide bonds. The van der Waals surface area contributed by atoms with Crippen LogP contribution < -0.4 is 0 Å². The molecule has 1 atom stereocenters. The summed E-state index contributed by atoms with van der Waals surface area (Å²) in [6.45, 7) is 11.8. The molecule has 0 saturated carbocycles. The van der Waals surface area contributed by atoms with Crippen molar-refractivity contribution >= 4 is 0 Å². The van der Waals surface area contributed by atoms with E-state index in [9.17, 15) is 0 Å². The molecule has 0 aromatic rings. The molecule has 1 rings (SSSR count). The number of hydrogen-bond acceptors (Lipinski definition) is 0. The van der Waals surface area contributed by atoms with Gasteiger partial charge in [0.15, 0.2) is 0 Å². The van der Waals surface area contributed by atoms with Crippen molar-refractivity contribution in [3.63, 3.8) is 0 Å². The quantitative estimate of drug-likeness (QED) is 0.586. The van der Waals surface area contributed by atoms with Crippen LogP contribution in [0.2, 0.25) is 0 Å². The van der Waals surface area contributed by atoms with E-state index in [1.54, 1.807) is 5.57 Å². The topological polar surface area (TPSA) is 0 Å². The molecule has 0 heteroatoms. The van der Waals surface area contributed by atoms with Crippen molar-refractivity contribution in [2.24, 2.45) is 10.8 Å². The second kappa shape index (κ2) is 5.21. The van der Waals surface area contributed by atoms with Gasteiger partial charge in [-0.1, -0.05) is 58.4 Å². The Morgan fingerprint density at radius 2 is 1.81 bits per heavy atom. The van der Waals surface area contributed by atoms with Crippen LogP contribution in [0.1, 0.15) is 66.7 Å². The average Bonchev–Trinajstić information content (AvgIpc) is 2.26. The Hall–Kier alpha value is -0.520. The molecular formula is C16H28. The van der Waals surface area contributed by atoms with Crippen molar-refractivity contribution in [3.05, 3.63) is 23.8 Å². The first-order valence-electron chi connectivity index (χ1n) is 6.73. The first kappa shape index (κ1) is 13.5. The first-order valence-corrected chi connectivity index (χ1v) is 6.73. The largest absolute Gasteiger partial charge is 0.0842 e. The Morgan fingerprint density at radius 3 is 2.25 bits per heavy atom. The molecule has 92 valence electrons. The van der Waals surface area contributed by atoms with Gasteiger partial charge in [-0.15, -0.1) is 0 Å². The van der Waals surface area contributed by atoms with Crippen molar-refractivity contribution in [1.29, 1.82) is 0 Å². The Morgan fingerprint density at radius 1 is 1.12 bits per heavy atom. The molecule has 0 heterocycles. The van der Waals surface area contributed by atoms with Crippen molar-refractivity contribution in [3.8, 4) is 0 Å². The maximum atomic E-state index is 2.45. The predicted molar refractivity (Wildman–Crippen MR) is 73.5 cm³/mol. The van der Waals surface area contributed by atoms with Gasteiger partial charge in [-0.25, -0.2) is 0 Å². The summed E-state index contributed by atoms with van der Waals surface area (Å²) >= 11 is 0. The van der Waals surface area contributed by atoms with Crippen LogP contribution in [-0.2, 0) is 0 Å². The smallest absolute Gasteiger partial charge is 0.0116 e. The molecule has 0 fully saturated rings. The molecule has 0 aliphatic heterocycles. The van der Waals surface area contributed by atoms with E-state index >= 15 is 0 Å². The lowest BCUT2D eigenvalue weighted by molar-refractivity contribution is 0.259. The molecule has 0 saturated heterocycles. The number of rotatable bonds is 4. The Labute approximate surface area is 102 Å². The Balaban J connectivity index is 2.69. The third kappa shape index (κ3) is 3.81. The minimum absolute atomic E-state index is 0.429. The van der Waals surface area contributed by atoms with Gasteiger partial charge in [0.05, 0.1) is 0 Å². The van der Waals surface area contributed by atoms with Crippen LogP contribution in [0, 0.1) is 10.8 Å². The van der Waals surface area contributed by atoms with Crippen LogP contribution in [0.25, 0.3) is 0 Å². The van der Waals surface area contributed by atoms with E-state index in [1.165, 1.54) is 32.1 Å². The minimum atomic E-state index is 0.429. The van der Waals surface area contributed by atoms with Crippen molar-refractivity contribution in [1.82, 2.24) is 0 Å². The fraction of sp³-hybridized carbons (Fsp3) is 0.750. The fourth-order valence-electron chi connectivity index (χ4n) is 2.32. The second-order valence-electron chi connectivity index (χ2n) is 6.63. The SMILES string of the molecule is CCC(C)(CCC(C)(C)C)C1=CC=CCC1. The summed E-state index contributed by atoms with van der Waals surface area (Å²) in [7, 11) is 0. The maximum Gasteiger partial charge on any atom is -0.0116 e. The van der Waals surface area contributed by atoms with Gasteiger partial charge in [0.1, 0.15) is 0 Å². The summed E-state index contributed by atoms with van der Waals surface area (Å²) in [5.74, 6) is 0. The third-order valence-corrected chi connectivity index (χ3v) is 4.00. The molecule has 0 aromatic carbocycles. The summed E-state index contributed by atoms with van der Waals surface area (Å²) in [5.41, 5.74) is 2.56. The highest BCUT2D eigenvalue weighted by Gasteiger charge is 2.28. The lowest BCUT2D eigenvalue weighted by Gasteiger charge is -2.35. The standard InChI is InChI=1S/C16H28/c1-6-16(5,13-12-15(2,3)4)14-10-8-7-9-11-14/h7-8,10H,6,9,11-13H2,1-5H3. The zero-order valence-corrected chi connectivity index (χ0v) is 11.8. The van der Waals surface area contributed by atoms with E-state index in [0.717, 1.165) is 0 Å². The molecule has 0 radical (unpaired) electrons. The van der Waals surface area contributed by atoms with Crippen LogP contribution >= 0.6 is 0 Å². The zero-order valence-electron chi connectivity index (χ0n) is 11.8. The predicted octanol–water partition coefficient (Wildman–Crippen LogP) is 5.51. The van der Waals surface area contributed by atoms with Gasteiger partial charge in [0.25, 0.3) is 0 Å². The minimum Gasteiger partial charge on any atom is -0.0842 e. The van der Waals surface area contributed by atoms with E-state index in [-0.39, 0.29) is 0 Å². The highest BCUT2D eigenvalue weighted by molar-refractivity contribution is 5.23. The fourth-order valence-corrected chi connectivity index (χ4v) is 2.32. The monoisotopic (exact) mass is 220 g/mol. The Kier molecular flexibility index (Phi) is 4.41. The zero-order chi connectivity index (χ0) is 12.2. The molecule has 1 aliphatic carbocycles. The number of hydrogen-bond donors (Lipinski definition) is 0. The average molecular weight is 220 g/mol. The van der Waals surface area contributed by atoms with Gasteiger partial charge < -0.3 is 0 Å². The molecule has 1 unspecified atom stereocenters. The maximum absolute atomic E-state index is 2.45. The molecule has 0 nitrogen and oxygen atoms in total. The molecule has 16 heavy (non-hydrogen) atoms. The lowest BCUT2D eigenvalue weighted by atomic mass is 9.70. The molecule has 1 aliphatic rings. The summed E-state index contributed by atoms with van der Waals surface area (Å²) in [4.78, 5) is 0. The third-order valence-electron chi connectivity index (χ3n) is 4.00. The highest BCUT2D eigenvalue weighted by atomic mass is 14.3. The van der Waals surface area contributed by atoms with Crippen LogP contribution in [-0.4, -0.2) is 0 Å². The van der Waals surface area contributed by atoms with E-state index in [0.29, 0.717) is 10.8 Å². The highest BCUT2D eigenvalue weighted by Crippen LogP contribution is 2.41. The molecule has 0 spiro atoms. The summed E-state index contributed by atoms with van der Waals surface area (Å²) in [6, 6.07) is 0. The van der Waals surface area contributed by atoms with Gasteiger partial charge in [-0.3, -0.25) is 0 Å². The molecule has 0 aromatic heterocycles. The van der Waals surface area contributed by atoms with Crippen LogP contribution in [0.3, 0.4) is 0 Å². The van der Waals surface area contributed by atoms with Gasteiger partial charge >= 0.3 is 0 Å². The molecular weight excluding hydrogens is 192 g/mol. The van der Waals surface area contributed by atoms with Gasteiger partial charge in [0, 0.05) is 0 Å². The van der Waals surface area contributed by atoms with Crippen LogP contribution in [0.4, 0.5) is 0 Å². The van der Waals surface area contributed by atoms with Crippen molar-refractivity contribution in [2.45, 2.75) is 66.7 Å². The van der Waals surface area contributed by atoms with E-state index in [2.05, 4.69) is 52.8 Å². The summed E-state index contributed by atoms with van der Waals surface area (Å²) < 4.78 is 0. The van der Waals surface area contributed by atoms with Crippen molar-refractivity contribution < 1.29 is 0 Å².